The lowest BCUT2D eigenvalue weighted by atomic mass is 10.2. The van der Waals surface area contributed by atoms with Crippen LogP contribution in [0.25, 0.3) is 0 Å². The van der Waals surface area contributed by atoms with Gasteiger partial charge in [0.2, 0.25) is 11.8 Å². The van der Waals surface area contributed by atoms with Crippen molar-refractivity contribution in [3.05, 3.63) is 0 Å². The zero-order chi connectivity index (χ0) is 11.3. The number of piperazine rings is 1. The van der Waals surface area contributed by atoms with E-state index >= 15 is 0 Å². The molecule has 0 aromatic heterocycles. The molecule has 1 fully saturated rings. The predicted molar refractivity (Wildman–Crippen MR) is 58.8 cm³/mol. The van der Waals surface area contributed by atoms with Gasteiger partial charge in [0.15, 0.2) is 0 Å². The quantitative estimate of drug-likeness (QED) is 0.655. The van der Waals surface area contributed by atoms with Gasteiger partial charge in [0, 0.05) is 19.0 Å². The third-order valence-corrected chi connectivity index (χ3v) is 2.68. The Balaban J connectivity index is 2.47. The highest BCUT2D eigenvalue weighted by Crippen LogP contribution is 2.06. The fourth-order valence-electron chi connectivity index (χ4n) is 1.63. The lowest BCUT2D eigenvalue weighted by molar-refractivity contribution is -0.150. The summed E-state index contributed by atoms with van der Waals surface area (Å²) in [4.78, 5) is 26.4. The summed E-state index contributed by atoms with van der Waals surface area (Å²) in [7, 11) is 0. The first-order valence-electron chi connectivity index (χ1n) is 5.30. The number of hydrogen-bond donors (Lipinski definition) is 0. The molecule has 4 nitrogen and oxygen atoms in total. The number of amides is 2. The van der Waals surface area contributed by atoms with Gasteiger partial charge in [-0.2, -0.15) is 0 Å². The maximum Gasteiger partial charge on any atom is 0.242 e. The molecule has 5 heteroatoms. The predicted octanol–water partition coefficient (Wildman–Crippen LogP) is 0.696. The number of carbonyl (C=O) groups is 2. The minimum absolute atomic E-state index is 0.0353. The van der Waals surface area contributed by atoms with E-state index in [0.29, 0.717) is 19.0 Å². The third kappa shape index (κ3) is 3.38. The molecule has 1 rings (SSSR count). The molecule has 0 N–H and O–H groups in total. The summed E-state index contributed by atoms with van der Waals surface area (Å²) >= 11 is 5.55. The molecule has 1 saturated heterocycles. The smallest absolute Gasteiger partial charge is 0.242 e. The van der Waals surface area contributed by atoms with E-state index in [1.807, 2.05) is 6.92 Å². The largest absolute Gasteiger partial charge is 0.332 e. The van der Waals surface area contributed by atoms with Crippen molar-refractivity contribution in [3.63, 3.8) is 0 Å². The van der Waals surface area contributed by atoms with Crippen molar-refractivity contribution in [2.75, 3.05) is 32.1 Å². The van der Waals surface area contributed by atoms with Gasteiger partial charge < -0.3 is 9.80 Å². The summed E-state index contributed by atoms with van der Waals surface area (Å²) in [6.45, 7) is 3.71. The van der Waals surface area contributed by atoms with E-state index in [4.69, 9.17) is 11.6 Å². The highest BCUT2D eigenvalue weighted by atomic mass is 35.5. The summed E-state index contributed by atoms with van der Waals surface area (Å²) in [6, 6.07) is 0. The molecular weight excluding hydrogens is 216 g/mol. The number of nitrogens with zero attached hydrogens (tertiary/aromatic N) is 2. The van der Waals surface area contributed by atoms with Crippen LogP contribution in [0.4, 0.5) is 0 Å². The second kappa shape index (κ2) is 5.95. The average molecular weight is 233 g/mol. The first-order valence-corrected chi connectivity index (χ1v) is 5.84. The highest BCUT2D eigenvalue weighted by Gasteiger charge is 2.28. The Bertz CT molecular complexity index is 246. The fourth-order valence-corrected chi connectivity index (χ4v) is 1.75. The van der Waals surface area contributed by atoms with Crippen LogP contribution in [-0.2, 0) is 9.59 Å². The van der Waals surface area contributed by atoms with Gasteiger partial charge in [-0.1, -0.05) is 6.92 Å². The average Bonchev–Trinajstić information content (AvgIpc) is 2.21. The van der Waals surface area contributed by atoms with E-state index in [-0.39, 0.29) is 24.9 Å². The Kier molecular flexibility index (Phi) is 4.88. The van der Waals surface area contributed by atoms with Crippen molar-refractivity contribution in [1.29, 1.82) is 0 Å². The van der Waals surface area contributed by atoms with E-state index in [1.165, 1.54) is 0 Å². The Hall–Kier alpha value is -0.770. The van der Waals surface area contributed by atoms with Crippen LogP contribution >= 0.6 is 11.6 Å². The van der Waals surface area contributed by atoms with Gasteiger partial charge in [-0.05, 0) is 12.8 Å². The first-order chi connectivity index (χ1) is 7.19. The molecule has 0 radical (unpaired) electrons. The van der Waals surface area contributed by atoms with Gasteiger partial charge in [0.05, 0.1) is 13.1 Å². The van der Waals surface area contributed by atoms with Crippen LogP contribution in [0.3, 0.4) is 0 Å². The second-order valence-corrected chi connectivity index (χ2v) is 4.05. The molecule has 0 aromatic carbocycles. The van der Waals surface area contributed by atoms with Gasteiger partial charge in [0.1, 0.15) is 0 Å². The molecule has 1 aliphatic rings. The zero-order valence-corrected chi connectivity index (χ0v) is 9.79. The van der Waals surface area contributed by atoms with Crippen LogP contribution in [0.2, 0.25) is 0 Å². The monoisotopic (exact) mass is 232 g/mol. The molecule has 0 atom stereocenters. The molecule has 0 bridgehead atoms. The van der Waals surface area contributed by atoms with Gasteiger partial charge in [-0.3, -0.25) is 9.59 Å². The van der Waals surface area contributed by atoms with Crippen LogP contribution in [-0.4, -0.2) is 53.7 Å². The summed E-state index contributed by atoms with van der Waals surface area (Å²) in [5.74, 6) is 0.607. The topological polar surface area (TPSA) is 40.6 Å². The molecule has 1 aliphatic heterocycles. The molecule has 1 heterocycles. The SMILES string of the molecule is CCCN1CC(=O)N(CCCCl)CC1=O. The van der Waals surface area contributed by atoms with E-state index in [0.717, 1.165) is 12.8 Å². The Morgan fingerprint density at radius 1 is 1.13 bits per heavy atom. The van der Waals surface area contributed by atoms with Crippen LogP contribution in [0.5, 0.6) is 0 Å². The summed E-state index contributed by atoms with van der Waals surface area (Å²) in [6.07, 6.45) is 1.63. The Labute approximate surface area is 95.2 Å². The van der Waals surface area contributed by atoms with Gasteiger partial charge in [-0.25, -0.2) is 0 Å². The normalized spacial score (nSPS) is 17.5. The van der Waals surface area contributed by atoms with Gasteiger partial charge in [0.25, 0.3) is 0 Å². The van der Waals surface area contributed by atoms with E-state index in [1.54, 1.807) is 9.80 Å². The minimum Gasteiger partial charge on any atom is -0.332 e. The molecule has 86 valence electrons. The zero-order valence-electron chi connectivity index (χ0n) is 9.04. The number of hydrogen-bond acceptors (Lipinski definition) is 2. The molecule has 0 spiro atoms. The second-order valence-electron chi connectivity index (χ2n) is 3.67. The van der Waals surface area contributed by atoms with Crippen LogP contribution in [0.1, 0.15) is 19.8 Å². The molecule has 2 amide bonds. The van der Waals surface area contributed by atoms with Crippen molar-refractivity contribution < 1.29 is 9.59 Å². The molecule has 15 heavy (non-hydrogen) atoms. The standard InChI is InChI=1S/C10H17ClN2O2/c1-2-5-12-7-10(15)13(6-3-4-11)8-9(12)14/h2-8H2,1H3. The van der Waals surface area contributed by atoms with Crippen LogP contribution < -0.4 is 0 Å². The molecule has 0 aliphatic carbocycles. The molecule has 0 unspecified atom stereocenters. The van der Waals surface area contributed by atoms with Crippen molar-refractivity contribution in [3.8, 4) is 0 Å². The van der Waals surface area contributed by atoms with E-state index < -0.39 is 0 Å². The summed E-state index contributed by atoms with van der Waals surface area (Å²) < 4.78 is 0. The number of carbonyl (C=O) groups excluding carboxylic acids is 2. The van der Waals surface area contributed by atoms with Crippen molar-refractivity contribution >= 4 is 23.4 Å². The number of halogens is 1. The molecule has 0 aromatic rings. The van der Waals surface area contributed by atoms with Crippen LogP contribution in [0, 0.1) is 0 Å². The lowest BCUT2D eigenvalue weighted by Crippen LogP contribution is -2.54. The third-order valence-electron chi connectivity index (χ3n) is 2.41. The van der Waals surface area contributed by atoms with Crippen LogP contribution in [0.15, 0.2) is 0 Å². The van der Waals surface area contributed by atoms with E-state index in [2.05, 4.69) is 0 Å². The van der Waals surface area contributed by atoms with Crippen molar-refractivity contribution in [1.82, 2.24) is 9.80 Å². The Morgan fingerprint density at radius 3 is 2.13 bits per heavy atom. The maximum atomic E-state index is 11.6. The first kappa shape index (κ1) is 12.3. The van der Waals surface area contributed by atoms with E-state index in [9.17, 15) is 9.59 Å². The van der Waals surface area contributed by atoms with Crippen molar-refractivity contribution in [2.45, 2.75) is 19.8 Å². The summed E-state index contributed by atoms with van der Waals surface area (Å²) in [5.41, 5.74) is 0. The fraction of sp³-hybridized carbons (Fsp3) is 0.800. The van der Waals surface area contributed by atoms with Gasteiger partial charge in [-0.15, -0.1) is 11.6 Å². The van der Waals surface area contributed by atoms with Crippen molar-refractivity contribution in [2.24, 2.45) is 0 Å². The minimum atomic E-state index is 0.0353. The molecule has 0 saturated carbocycles. The summed E-state index contributed by atoms with van der Waals surface area (Å²) in [5, 5.41) is 0. The number of alkyl halides is 1. The lowest BCUT2D eigenvalue weighted by Gasteiger charge is -2.33. The number of rotatable bonds is 5. The highest BCUT2D eigenvalue weighted by molar-refractivity contribution is 6.17. The maximum absolute atomic E-state index is 11.6. The Morgan fingerprint density at radius 2 is 1.67 bits per heavy atom. The molecular formula is C10H17ClN2O2. The van der Waals surface area contributed by atoms with Gasteiger partial charge >= 0.3 is 0 Å².